The van der Waals surface area contributed by atoms with Crippen LogP contribution >= 0.6 is 0 Å². The minimum Gasteiger partial charge on any atom is -0.248 e. The zero-order valence-corrected chi connectivity index (χ0v) is 17.1. The molecule has 3 nitrogen and oxygen atoms in total. The summed E-state index contributed by atoms with van der Waals surface area (Å²) in [7, 11) is 0. The number of para-hydroxylation sites is 1. The zero-order valence-electron chi connectivity index (χ0n) is 17.1. The van der Waals surface area contributed by atoms with E-state index in [1.807, 2.05) is 6.07 Å². The molecular formula is C25H19F4N3. The van der Waals surface area contributed by atoms with Gasteiger partial charge in [0.1, 0.15) is 23.0 Å². The number of fused-ring (bicyclic) bond motifs is 2. The Labute approximate surface area is 182 Å². The number of benzene rings is 2. The molecule has 0 fully saturated rings. The minimum atomic E-state index is -0.730. The summed E-state index contributed by atoms with van der Waals surface area (Å²) in [6.07, 6.45) is 4.33. The smallest absolute Gasteiger partial charge is 0.151 e. The molecule has 32 heavy (non-hydrogen) atoms. The van der Waals surface area contributed by atoms with E-state index < -0.39 is 23.3 Å². The number of aromatic nitrogens is 1. The van der Waals surface area contributed by atoms with Gasteiger partial charge in [0.25, 0.3) is 0 Å². The van der Waals surface area contributed by atoms with Gasteiger partial charge in [-0.3, -0.25) is 0 Å². The molecule has 162 valence electrons. The van der Waals surface area contributed by atoms with Crippen molar-refractivity contribution in [1.29, 1.82) is 0 Å². The third-order valence-electron chi connectivity index (χ3n) is 5.79. The van der Waals surface area contributed by atoms with Crippen LogP contribution in [0.4, 0.5) is 28.9 Å². The summed E-state index contributed by atoms with van der Waals surface area (Å²) in [5.74, 6) is -2.64. The molecule has 3 aromatic rings. The molecular weight excluding hydrogens is 418 g/mol. The van der Waals surface area contributed by atoms with Crippen molar-refractivity contribution in [3.05, 3.63) is 88.2 Å². The molecule has 1 aromatic heterocycles. The summed E-state index contributed by atoms with van der Waals surface area (Å²) in [5, 5.41) is 0. The summed E-state index contributed by atoms with van der Waals surface area (Å²) in [6, 6.07) is 8.84. The van der Waals surface area contributed by atoms with Gasteiger partial charge in [0.15, 0.2) is 11.6 Å². The average molecular weight is 437 g/mol. The highest BCUT2D eigenvalue weighted by Gasteiger charge is 2.25. The first-order chi connectivity index (χ1) is 15.5. The van der Waals surface area contributed by atoms with Gasteiger partial charge in [-0.05, 0) is 73.9 Å². The highest BCUT2D eigenvalue weighted by atomic mass is 19.1. The molecule has 0 bridgehead atoms. The lowest BCUT2D eigenvalue weighted by Crippen LogP contribution is -2.21. The molecule has 0 spiro atoms. The Morgan fingerprint density at radius 2 is 1.28 bits per heavy atom. The molecule has 0 amide bonds. The van der Waals surface area contributed by atoms with Gasteiger partial charge in [-0.25, -0.2) is 32.5 Å². The lowest BCUT2D eigenvalue weighted by Gasteiger charge is -2.23. The molecule has 0 radical (unpaired) electrons. The van der Waals surface area contributed by atoms with E-state index in [1.54, 1.807) is 0 Å². The second-order valence-corrected chi connectivity index (χ2v) is 7.99. The summed E-state index contributed by atoms with van der Waals surface area (Å²) in [6.45, 7) is 0. The topological polar surface area (TPSA) is 37.6 Å². The summed E-state index contributed by atoms with van der Waals surface area (Å²) in [4.78, 5) is 13.5. The van der Waals surface area contributed by atoms with Gasteiger partial charge in [0, 0.05) is 6.07 Å². The van der Waals surface area contributed by atoms with Crippen LogP contribution in [-0.2, 0) is 12.8 Å². The Bertz CT molecular complexity index is 1260. The Balaban J connectivity index is 1.63. The number of pyridine rings is 1. The van der Waals surface area contributed by atoms with Gasteiger partial charge in [-0.1, -0.05) is 12.1 Å². The van der Waals surface area contributed by atoms with Gasteiger partial charge in [0.05, 0.1) is 22.8 Å². The zero-order chi connectivity index (χ0) is 22.2. The molecule has 0 atom stereocenters. The van der Waals surface area contributed by atoms with Crippen molar-refractivity contribution < 1.29 is 17.6 Å². The first-order valence-electron chi connectivity index (χ1n) is 10.6. The standard InChI is InChI=1S/C25H19F4N3/c26-16-10-11-17(27)22(13-16)30-20-8-1-4-14-12-15-5-2-9-21(24(15)32-23(14)20)31-25-18(28)6-3-7-19(25)29/h3,6-7,10-13H,1-2,4-5,8-9H2. The maximum Gasteiger partial charge on any atom is 0.151 e. The number of nitrogens with zero attached hydrogens (tertiary/aromatic N) is 3. The van der Waals surface area contributed by atoms with Gasteiger partial charge >= 0.3 is 0 Å². The molecule has 1 heterocycles. The molecule has 7 heteroatoms. The number of aryl methyl sites for hydroxylation is 2. The second kappa shape index (κ2) is 8.30. The van der Waals surface area contributed by atoms with Gasteiger partial charge in [0.2, 0.25) is 0 Å². The van der Waals surface area contributed by atoms with Crippen LogP contribution in [0.15, 0.2) is 52.4 Å². The number of halogens is 4. The Morgan fingerprint density at radius 1 is 0.656 bits per heavy atom. The minimum absolute atomic E-state index is 0.0744. The lowest BCUT2D eigenvalue weighted by molar-refractivity contribution is 0.587. The summed E-state index contributed by atoms with van der Waals surface area (Å²) >= 11 is 0. The molecule has 0 aliphatic heterocycles. The van der Waals surface area contributed by atoms with Crippen LogP contribution in [0.1, 0.15) is 48.2 Å². The van der Waals surface area contributed by atoms with E-state index in [0.29, 0.717) is 35.7 Å². The predicted molar refractivity (Wildman–Crippen MR) is 115 cm³/mol. The maximum atomic E-state index is 14.2. The number of hydrogen-bond acceptors (Lipinski definition) is 3. The highest BCUT2D eigenvalue weighted by Crippen LogP contribution is 2.31. The predicted octanol–water partition coefficient (Wildman–Crippen LogP) is 6.55. The second-order valence-electron chi connectivity index (χ2n) is 7.99. The maximum absolute atomic E-state index is 14.2. The molecule has 0 N–H and O–H groups in total. The highest BCUT2D eigenvalue weighted by molar-refractivity contribution is 6.06. The quantitative estimate of drug-likeness (QED) is 0.419. The average Bonchev–Trinajstić information content (AvgIpc) is 2.78. The SMILES string of the molecule is Fc1ccc(F)c(N=C2CCCc3cc4c(nc32)C(=Nc2c(F)cccc2F)CCC4)c1. The molecule has 2 aliphatic rings. The van der Waals surface area contributed by atoms with Crippen LogP contribution in [0, 0.1) is 23.3 Å². The summed E-state index contributed by atoms with van der Waals surface area (Å²) in [5.41, 5.74) is 3.85. The van der Waals surface area contributed by atoms with E-state index in [2.05, 4.69) is 9.98 Å². The molecule has 0 unspecified atom stereocenters. The Kier molecular flexibility index (Phi) is 5.33. The van der Waals surface area contributed by atoms with E-state index in [4.69, 9.17) is 4.98 Å². The monoisotopic (exact) mass is 437 g/mol. The number of aliphatic imine (C=N–C) groups is 2. The Morgan fingerprint density at radius 3 is 1.94 bits per heavy atom. The van der Waals surface area contributed by atoms with Crippen molar-refractivity contribution in [2.75, 3.05) is 0 Å². The van der Waals surface area contributed by atoms with E-state index in [0.717, 1.165) is 55.0 Å². The van der Waals surface area contributed by atoms with Crippen molar-refractivity contribution in [3.63, 3.8) is 0 Å². The Hall–Kier alpha value is -3.35. The number of rotatable bonds is 2. The first-order valence-corrected chi connectivity index (χ1v) is 10.6. The third-order valence-corrected chi connectivity index (χ3v) is 5.79. The first kappa shape index (κ1) is 20.5. The molecule has 2 aliphatic carbocycles. The van der Waals surface area contributed by atoms with Crippen molar-refractivity contribution >= 4 is 22.8 Å². The van der Waals surface area contributed by atoms with E-state index in [1.165, 1.54) is 18.2 Å². The number of hydrogen-bond donors (Lipinski definition) is 0. The van der Waals surface area contributed by atoms with Crippen molar-refractivity contribution in [3.8, 4) is 0 Å². The van der Waals surface area contributed by atoms with Crippen LogP contribution in [-0.4, -0.2) is 16.4 Å². The molecule has 5 rings (SSSR count). The van der Waals surface area contributed by atoms with E-state index in [9.17, 15) is 17.6 Å². The van der Waals surface area contributed by atoms with Gasteiger partial charge < -0.3 is 0 Å². The molecule has 0 saturated heterocycles. The van der Waals surface area contributed by atoms with Crippen LogP contribution in [0.2, 0.25) is 0 Å². The fraction of sp³-hybridized carbons (Fsp3) is 0.240. The van der Waals surface area contributed by atoms with Gasteiger partial charge in [-0.2, -0.15) is 0 Å². The van der Waals surface area contributed by atoms with Crippen LogP contribution < -0.4 is 0 Å². The summed E-state index contributed by atoms with van der Waals surface area (Å²) < 4.78 is 56.1. The van der Waals surface area contributed by atoms with Gasteiger partial charge in [-0.15, -0.1) is 0 Å². The lowest BCUT2D eigenvalue weighted by atomic mass is 9.87. The van der Waals surface area contributed by atoms with Crippen LogP contribution in [0.3, 0.4) is 0 Å². The van der Waals surface area contributed by atoms with E-state index in [-0.39, 0.29) is 11.4 Å². The largest absolute Gasteiger partial charge is 0.248 e. The third kappa shape index (κ3) is 3.83. The van der Waals surface area contributed by atoms with Crippen LogP contribution in [0.25, 0.3) is 0 Å². The fourth-order valence-corrected chi connectivity index (χ4v) is 4.28. The molecule has 0 saturated carbocycles. The normalized spacial score (nSPS) is 18.0. The van der Waals surface area contributed by atoms with Crippen molar-refractivity contribution in [2.45, 2.75) is 38.5 Å². The van der Waals surface area contributed by atoms with Crippen LogP contribution in [0.5, 0.6) is 0 Å². The van der Waals surface area contributed by atoms with Crippen molar-refractivity contribution in [2.24, 2.45) is 9.98 Å². The molecule has 2 aromatic carbocycles. The van der Waals surface area contributed by atoms with Crippen molar-refractivity contribution in [1.82, 2.24) is 4.98 Å². The van der Waals surface area contributed by atoms with E-state index >= 15 is 0 Å². The fourth-order valence-electron chi connectivity index (χ4n) is 4.28.